The van der Waals surface area contributed by atoms with E-state index in [0.717, 1.165) is 12.3 Å². The first-order valence-electron chi connectivity index (χ1n) is 10.3. The van der Waals surface area contributed by atoms with Gasteiger partial charge in [0.25, 0.3) is 0 Å². The van der Waals surface area contributed by atoms with Crippen LogP contribution in [-0.4, -0.2) is 11.9 Å². The van der Waals surface area contributed by atoms with Gasteiger partial charge in [0.1, 0.15) is 0 Å². The Bertz CT molecular complexity index is 261. The Morgan fingerprint density at radius 3 is 1.43 bits per heavy atom. The van der Waals surface area contributed by atoms with Crippen molar-refractivity contribution < 1.29 is 4.79 Å². The Kier molecular flexibility index (Phi) is 16.0. The Morgan fingerprint density at radius 1 is 0.652 bits per heavy atom. The van der Waals surface area contributed by atoms with Gasteiger partial charge < -0.3 is 5.32 Å². The van der Waals surface area contributed by atoms with Crippen LogP contribution in [0.3, 0.4) is 0 Å². The molecule has 0 fully saturated rings. The number of carbonyl (C=O) groups is 1. The van der Waals surface area contributed by atoms with E-state index in [2.05, 4.69) is 19.2 Å². The zero-order valence-electron chi connectivity index (χ0n) is 16.5. The van der Waals surface area contributed by atoms with Gasteiger partial charge in [-0.1, -0.05) is 90.9 Å². The quantitative estimate of drug-likeness (QED) is 0.317. The van der Waals surface area contributed by atoms with E-state index >= 15 is 0 Å². The van der Waals surface area contributed by atoms with Crippen LogP contribution in [-0.2, 0) is 4.79 Å². The maximum absolute atomic E-state index is 11.5. The van der Waals surface area contributed by atoms with Gasteiger partial charge in [-0.2, -0.15) is 0 Å². The van der Waals surface area contributed by atoms with E-state index in [-0.39, 0.29) is 11.9 Å². The molecular weight excluding hydrogens is 282 g/mol. The maximum atomic E-state index is 11.5. The lowest BCUT2D eigenvalue weighted by atomic mass is 10.0. The number of hydrogen-bond donors (Lipinski definition) is 1. The lowest BCUT2D eigenvalue weighted by Crippen LogP contribution is -2.29. The minimum Gasteiger partial charge on any atom is -0.354 e. The van der Waals surface area contributed by atoms with Crippen molar-refractivity contribution in [3.8, 4) is 0 Å². The van der Waals surface area contributed by atoms with Gasteiger partial charge in [0.15, 0.2) is 0 Å². The lowest BCUT2D eigenvalue weighted by Gasteiger charge is -2.07. The van der Waals surface area contributed by atoms with E-state index < -0.39 is 0 Å². The van der Waals surface area contributed by atoms with E-state index in [1.54, 1.807) is 0 Å². The molecule has 0 saturated heterocycles. The summed E-state index contributed by atoms with van der Waals surface area (Å²) in [6.07, 6.45) is 18.4. The van der Waals surface area contributed by atoms with E-state index in [1.165, 1.54) is 77.0 Å². The lowest BCUT2D eigenvalue weighted by molar-refractivity contribution is -0.121. The van der Waals surface area contributed by atoms with Gasteiger partial charge >= 0.3 is 0 Å². The van der Waals surface area contributed by atoms with Gasteiger partial charge in [-0.05, 0) is 26.2 Å². The minimum atomic E-state index is 0.216. The third-order valence-electron chi connectivity index (χ3n) is 4.38. The number of unbranched alkanes of at least 4 members (excludes halogenated alkanes) is 11. The van der Waals surface area contributed by atoms with Crippen LogP contribution in [0.25, 0.3) is 0 Å². The smallest absolute Gasteiger partial charge is 0.220 e. The first-order chi connectivity index (χ1) is 11.0. The monoisotopic (exact) mass is 325 g/mol. The maximum Gasteiger partial charge on any atom is 0.220 e. The molecule has 0 rings (SSSR count). The molecule has 1 N–H and O–H groups in total. The summed E-state index contributed by atoms with van der Waals surface area (Å²) in [7, 11) is 0. The standard InChI is InChI=1S/C21H43NO/c1-19(2)17-15-13-11-9-7-5-6-8-10-12-14-16-18-21(23)22-20(3)4/h19-20H,5-18H2,1-4H3,(H,22,23). The molecule has 23 heavy (non-hydrogen) atoms. The highest BCUT2D eigenvalue weighted by atomic mass is 16.1. The largest absolute Gasteiger partial charge is 0.354 e. The fourth-order valence-electron chi connectivity index (χ4n) is 3.00. The molecular formula is C21H43NO. The summed E-state index contributed by atoms with van der Waals surface area (Å²) in [5.74, 6) is 1.09. The van der Waals surface area contributed by atoms with Crippen LogP contribution < -0.4 is 5.32 Å². The van der Waals surface area contributed by atoms with Gasteiger partial charge in [0.05, 0.1) is 0 Å². The van der Waals surface area contributed by atoms with Crippen LogP contribution in [0.1, 0.15) is 118 Å². The summed E-state index contributed by atoms with van der Waals surface area (Å²) in [5, 5.41) is 2.95. The molecule has 2 heteroatoms. The van der Waals surface area contributed by atoms with Gasteiger partial charge in [-0.15, -0.1) is 0 Å². The van der Waals surface area contributed by atoms with Crippen molar-refractivity contribution in [2.45, 2.75) is 124 Å². The minimum absolute atomic E-state index is 0.216. The SMILES string of the molecule is CC(C)CCCCCCCCCCCCCCC(=O)NC(C)C. The van der Waals surface area contributed by atoms with E-state index in [9.17, 15) is 4.79 Å². The van der Waals surface area contributed by atoms with Crippen LogP contribution in [0.2, 0.25) is 0 Å². The zero-order chi connectivity index (χ0) is 17.3. The fourth-order valence-corrected chi connectivity index (χ4v) is 3.00. The van der Waals surface area contributed by atoms with Crippen LogP contribution >= 0.6 is 0 Å². The summed E-state index contributed by atoms with van der Waals surface area (Å²) >= 11 is 0. The summed E-state index contributed by atoms with van der Waals surface area (Å²) in [6, 6.07) is 0.276. The topological polar surface area (TPSA) is 29.1 Å². The summed E-state index contributed by atoms with van der Waals surface area (Å²) < 4.78 is 0. The van der Waals surface area contributed by atoms with Crippen molar-refractivity contribution in [2.75, 3.05) is 0 Å². The second-order valence-corrected chi connectivity index (χ2v) is 7.90. The molecule has 0 aromatic heterocycles. The summed E-state index contributed by atoms with van der Waals surface area (Å²) in [6.45, 7) is 8.67. The molecule has 0 aliphatic heterocycles. The molecule has 0 aromatic rings. The third kappa shape index (κ3) is 19.4. The van der Waals surface area contributed by atoms with Gasteiger partial charge in [-0.3, -0.25) is 4.79 Å². The molecule has 0 unspecified atom stereocenters. The molecule has 0 bridgehead atoms. The Balaban J connectivity index is 3.09. The van der Waals surface area contributed by atoms with Crippen LogP contribution in [0.15, 0.2) is 0 Å². The van der Waals surface area contributed by atoms with Crippen LogP contribution in [0.5, 0.6) is 0 Å². The molecule has 1 amide bonds. The molecule has 2 nitrogen and oxygen atoms in total. The number of hydrogen-bond acceptors (Lipinski definition) is 1. The molecule has 0 aliphatic carbocycles. The first kappa shape index (κ1) is 22.5. The second kappa shape index (κ2) is 16.3. The Hall–Kier alpha value is -0.530. The first-order valence-corrected chi connectivity index (χ1v) is 10.3. The van der Waals surface area contributed by atoms with Crippen molar-refractivity contribution in [1.82, 2.24) is 5.32 Å². The van der Waals surface area contributed by atoms with Gasteiger partial charge in [0.2, 0.25) is 5.91 Å². The molecule has 0 saturated carbocycles. The van der Waals surface area contributed by atoms with E-state index in [4.69, 9.17) is 0 Å². The fraction of sp³-hybridized carbons (Fsp3) is 0.952. The predicted octanol–water partition coefficient (Wildman–Crippen LogP) is 6.63. The third-order valence-corrected chi connectivity index (χ3v) is 4.38. The number of nitrogens with one attached hydrogen (secondary N) is 1. The Morgan fingerprint density at radius 2 is 1.04 bits per heavy atom. The molecule has 0 atom stereocenters. The number of carbonyl (C=O) groups excluding carboxylic acids is 1. The molecule has 0 aromatic carbocycles. The average Bonchev–Trinajstić information content (AvgIpc) is 2.46. The summed E-state index contributed by atoms with van der Waals surface area (Å²) in [5.41, 5.74) is 0. The molecule has 0 aliphatic rings. The van der Waals surface area contributed by atoms with Crippen molar-refractivity contribution in [1.29, 1.82) is 0 Å². The number of amides is 1. The van der Waals surface area contributed by atoms with E-state index in [0.29, 0.717) is 6.42 Å². The van der Waals surface area contributed by atoms with Crippen LogP contribution in [0, 0.1) is 5.92 Å². The van der Waals surface area contributed by atoms with Crippen molar-refractivity contribution >= 4 is 5.91 Å². The summed E-state index contributed by atoms with van der Waals surface area (Å²) in [4.78, 5) is 11.5. The predicted molar refractivity (Wildman–Crippen MR) is 103 cm³/mol. The van der Waals surface area contributed by atoms with Crippen molar-refractivity contribution in [3.63, 3.8) is 0 Å². The molecule has 0 spiro atoms. The highest BCUT2D eigenvalue weighted by molar-refractivity contribution is 5.76. The van der Waals surface area contributed by atoms with Gasteiger partial charge in [-0.25, -0.2) is 0 Å². The highest BCUT2D eigenvalue weighted by Crippen LogP contribution is 2.14. The average molecular weight is 326 g/mol. The number of rotatable bonds is 16. The van der Waals surface area contributed by atoms with Crippen molar-refractivity contribution in [3.05, 3.63) is 0 Å². The Labute approximate surface area is 146 Å². The van der Waals surface area contributed by atoms with Crippen LogP contribution in [0.4, 0.5) is 0 Å². The molecule has 138 valence electrons. The zero-order valence-corrected chi connectivity index (χ0v) is 16.5. The second-order valence-electron chi connectivity index (χ2n) is 7.90. The van der Waals surface area contributed by atoms with E-state index in [1.807, 2.05) is 13.8 Å². The highest BCUT2D eigenvalue weighted by Gasteiger charge is 2.02. The van der Waals surface area contributed by atoms with Crippen molar-refractivity contribution in [2.24, 2.45) is 5.92 Å². The molecule has 0 heterocycles. The van der Waals surface area contributed by atoms with Gasteiger partial charge in [0, 0.05) is 12.5 Å². The normalized spacial score (nSPS) is 11.4. The molecule has 0 radical (unpaired) electrons.